The van der Waals surface area contributed by atoms with E-state index in [1.165, 1.54) is 5.69 Å². The minimum atomic E-state index is -0.0723. The Kier molecular flexibility index (Phi) is 4.08. The predicted octanol–water partition coefficient (Wildman–Crippen LogP) is 4.30. The Balaban J connectivity index is 1.81. The van der Waals surface area contributed by atoms with E-state index in [2.05, 4.69) is 51.8 Å². The number of likely N-dealkylation sites (N-methyl/N-ethyl adjacent to an activating group) is 1. The van der Waals surface area contributed by atoms with Crippen LogP contribution in [0.2, 0.25) is 0 Å². The Morgan fingerprint density at radius 2 is 1.91 bits per heavy atom. The molecule has 3 aromatic rings. The Labute approximate surface area is 136 Å². The van der Waals surface area contributed by atoms with Crippen molar-refractivity contribution in [1.29, 1.82) is 0 Å². The molecule has 0 bridgehead atoms. The molecule has 1 atom stereocenters. The zero-order valence-electron chi connectivity index (χ0n) is 13.1. The van der Waals surface area contributed by atoms with Crippen LogP contribution in [0.15, 0.2) is 48.5 Å². The first-order valence-corrected chi connectivity index (χ1v) is 7.83. The number of rotatable bonds is 4. The smallest absolute Gasteiger partial charge is 0.106 e. The number of alkyl halides is 1. The van der Waals surface area contributed by atoms with Crippen LogP contribution < -0.4 is 4.90 Å². The number of imidazole rings is 1. The SMILES string of the molecule is Cc1nc2cc(C(Cl)CN(C)c3ccccc3)ccc2n1C. The molecular formula is C18H20ClN3. The largest absolute Gasteiger partial charge is 0.373 e. The lowest BCUT2D eigenvalue weighted by Crippen LogP contribution is -2.21. The van der Waals surface area contributed by atoms with Crippen molar-refractivity contribution in [3.8, 4) is 0 Å². The average Bonchev–Trinajstić information content (AvgIpc) is 2.82. The summed E-state index contributed by atoms with van der Waals surface area (Å²) in [5.74, 6) is 1.01. The summed E-state index contributed by atoms with van der Waals surface area (Å²) in [6.45, 7) is 2.77. The van der Waals surface area contributed by atoms with E-state index < -0.39 is 0 Å². The molecule has 0 aliphatic heterocycles. The quantitative estimate of drug-likeness (QED) is 0.670. The fraction of sp³-hybridized carbons (Fsp3) is 0.278. The van der Waals surface area contributed by atoms with Gasteiger partial charge in [-0.15, -0.1) is 11.6 Å². The predicted molar refractivity (Wildman–Crippen MR) is 93.8 cm³/mol. The topological polar surface area (TPSA) is 21.1 Å². The highest BCUT2D eigenvalue weighted by molar-refractivity contribution is 6.21. The average molecular weight is 314 g/mol. The van der Waals surface area contributed by atoms with Crippen LogP contribution in [0.3, 0.4) is 0 Å². The Morgan fingerprint density at radius 1 is 1.18 bits per heavy atom. The Bertz CT molecular complexity index is 780. The van der Waals surface area contributed by atoms with E-state index in [-0.39, 0.29) is 5.38 Å². The summed E-state index contributed by atoms with van der Waals surface area (Å²) in [5, 5.41) is -0.0723. The van der Waals surface area contributed by atoms with Gasteiger partial charge in [-0.25, -0.2) is 4.98 Å². The van der Waals surface area contributed by atoms with E-state index in [0.29, 0.717) is 0 Å². The highest BCUT2D eigenvalue weighted by atomic mass is 35.5. The van der Waals surface area contributed by atoms with Gasteiger partial charge in [0, 0.05) is 26.3 Å². The fourth-order valence-corrected chi connectivity index (χ4v) is 3.01. The molecule has 0 amide bonds. The van der Waals surface area contributed by atoms with Gasteiger partial charge in [0.1, 0.15) is 5.82 Å². The van der Waals surface area contributed by atoms with Crippen LogP contribution in [0.4, 0.5) is 5.69 Å². The lowest BCUT2D eigenvalue weighted by Gasteiger charge is -2.22. The van der Waals surface area contributed by atoms with Crippen LogP contribution in [0.1, 0.15) is 16.8 Å². The first kappa shape index (κ1) is 14.9. The van der Waals surface area contributed by atoms with Crippen LogP contribution in [0, 0.1) is 6.92 Å². The molecule has 0 fully saturated rings. The zero-order chi connectivity index (χ0) is 15.7. The lowest BCUT2D eigenvalue weighted by atomic mass is 10.1. The van der Waals surface area contributed by atoms with Gasteiger partial charge in [-0.05, 0) is 36.8 Å². The summed E-state index contributed by atoms with van der Waals surface area (Å²) >= 11 is 6.62. The van der Waals surface area contributed by atoms with Crippen molar-refractivity contribution < 1.29 is 0 Å². The number of para-hydroxylation sites is 1. The van der Waals surface area contributed by atoms with E-state index in [0.717, 1.165) is 29.0 Å². The van der Waals surface area contributed by atoms with Crippen molar-refractivity contribution in [2.24, 2.45) is 7.05 Å². The number of nitrogens with zero attached hydrogens (tertiary/aromatic N) is 3. The van der Waals surface area contributed by atoms with Gasteiger partial charge in [-0.2, -0.15) is 0 Å². The first-order chi connectivity index (χ1) is 10.6. The maximum atomic E-state index is 6.62. The second-order valence-electron chi connectivity index (χ2n) is 5.65. The van der Waals surface area contributed by atoms with E-state index in [9.17, 15) is 0 Å². The Hall–Kier alpha value is -2.00. The van der Waals surface area contributed by atoms with Crippen LogP contribution in [-0.2, 0) is 7.05 Å². The second kappa shape index (κ2) is 6.01. The van der Waals surface area contributed by atoms with E-state index in [1.807, 2.05) is 32.2 Å². The molecule has 0 radical (unpaired) electrons. The van der Waals surface area contributed by atoms with Crippen molar-refractivity contribution in [3.63, 3.8) is 0 Å². The number of aryl methyl sites for hydroxylation is 2. The number of benzene rings is 2. The number of halogens is 1. The zero-order valence-corrected chi connectivity index (χ0v) is 13.9. The van der Waals surface area contributed by atoms with Gasteiger partial charge in [0.25, 0.3) is 0 Å². The lowest BCUT2D eigenvalue weighted by molar-refractivity contribution is 0.851. The molecule has 3 rings (SSSR count). The number of fused-ring (bicyclic) bond motifs is 1. The number of aromatic nitrogens is 2. The summed E-state index contributed by atoms with van der Waals surface area (Å²) in [7, 11) is 4.10. The molecule has 4 heteroatoms. The van der Waals surface area contributed by atoms with Crippen molar-refractivity contribution in [2.75, 3.05) is 18.5 Å². The normalized spacial score (nSPS) is 12.5. The molecule has 0 aliphatic rings. The molecular weight excluding hydrogens is 294 g/mol. The van der Waals surface area contributed by atoms with Crippen molar-refractivity contribution in [3.05, 3.63) is 59.9 Å². The third-order valence-corrected chi connectivity index (χ3v) is 4.51. The van der Waals surface area contributed by atoms with Crippen LogP contribution in [0.25, 0.3) is 11.0 Å². The molecule has 1 aromatic heterocycles. The number of hydrogen-bond donors (Lipinski definition) is 0. The first-order valence-electron chi connectivity index (χ1n) is 7.39. The summed E-state index contributed by atoms with van der Waals surface area (Å²) in [4.78, 5) is 6.76. The molecule has 0 saturated heterocycles. The van der Waals surface area contributed by atoms with Crippen LogP contribution in [0.5, 0.6) is 0 Å². The molecule has 114 valence electrons. The monoisotopic (exact) mass is 313 g/mol. The molecule has 0 saturated carbocycles. The van der Waals surface area contributed by atoms with Gasteiger partial charge in [-0.1, -0.05) is 24.3 Å². The van der Waals surface area contributed by atoms with Crippen molar-refractivity contribution in [1.82, 2.24) is 9.55 Å². The molecule has 0 aliphatic carbocycles. The summed E-state index contributed by atoms with van der Waals surface area (Å²) in [5.41, 5.74) is 4.42. The standard InChI is InChI=1S/C18H20ClN3/c1-13-20-17-11-14(9-10-18(17)22(13)3)16(19)12-21(2)15-7-5-4-6-8-15/h4-11,16H,12H2,1-3H3. The van der Waals surface area contributed by atoms with Gasteiger partial charge in [0.15, 0.2) is 0 Å². The fourth-order valence-electron chi connectivity index (χ4n) is 2.67. The van der Waals surface area contributed by atoms with Crippen molar-refractivity contribution in [2.45, 2.75) is 12.3 Å². The molecule has 22 heavy (non-hydrogen) atoms. The van der Waals surface area contributed by atoms with Gasteiger partial charge in [0.05, 0.1) is 16.4 Å². The van der Waals surface area contributed by atoms with E-state index in [1.54, 1.807) is 0 Å². The summed E-state index contributed by atoms with van der Waals surface area (Å²) in [6.07, 6.45) is 0. The minimum absolute atomic E-state index is 0.0723. The van der Waals surface area contributed by atoms with Gasteiger partial charge >= 0.3 is 0 Å². The number of hydrogen-bond acceptors (Lipinski definition) is 2. The van der Waals surface area contributed by atoms with Crippen molar-refractivity contribution >= 4 is 28.3 Å². The number of anilines is 1. The van der Waals surface area contributed by atoms with Crippen LogP contribution in [-0.4, -0.2) is 23.1 Å². The molecule has 0 spiro atoms. The maximum Gasteiger partial charge on any atom is 0.106 e. The second-order valence-corrected chi connectivity index (χ2v) is 6.18. The van der Waals surface area contributed by atoms with Gasteiger partial charge in [0.2, 0.25) is 0 Å². The maximum absolute atomic E-state index is 6.62. The van der Waals surface area contributed by atoms with Crippen LogP contribution >= 0.6 is 11.6 Å². The molecule has 1 unspecified atom stereocenters. The van der Waals surface area contributed by atoms with E-state index in [4.69, 9.17) is 11.6 Å². The molecule has 0 N–H and O–H groups in total. The minimum Gasteiger partial charge on any atom is -0.373 e. The Morgan fingerprint density at radius 3 is 2.64 bits per heavy atom. The third kappa shape index (κ3) is 2.81. The summed E-state index contributed by atoms with van der Waals surface area (Å²) in [6, 6.07) is 16.6. The molecule has 2 aromatic carbocycles. The molecule has 3 nitrogen and oxygen atoms in total. The third-order valence-electron chi connectivity index (χ3n) is 4.12. The van der Waals surface area contributed by atoms with Gasteiger partial charge < -0.3 is 9.47 Å². The summed E-state index contributed by atoms with van der Waals surface area (Å²) < 4.78 is 2.10. The highest BCUT2D eigenvalue weighted by Gasteiger charge is 2.13. The van der Waals surface area contributed by atoms with Gasteiger partial charge in [-0.3, -0.25) is 0 Å². The molecule has 1 heterocycles. The highest BCUT2D eigenvalue weighted by Crippen LogP contribution is 2.27. The van der Waals surface area contributed by atoms with E-state index >= 15 is 0 Å².